The minimum absolute atomic E-state index is 0.0868. The van der Waals surface area contributed by atoms with Gasteiger partial charge in [0, 0.05) is 19.4 Å². The van der Waals surface area contributed by atoms with E-state index in [0.717, 1.165) is 10.9 Å². The van der Waals surface area contributed by atoms with Crippen molar-refractivity contribution in [2.24, 2.45) is 0 Å². The summed E-state index contributed by atoms with van der Waals surface area (Å²) in [6.07, 6.45) is 3.37. The third kappa shape index (κ3) is 4.54. The standard InChI is InChI=1S/C11H17BrN2O2S/c1-4-15-10(16-5-2)9(12)8-6-7-13-11(14-8)17-3/h6-7,9-10H,4-5H2,1-3H3. The number of ether oxygens (including phenoxy) is 2. The van der Waals surface area contributed by atoms with Gasteiger partial charge in [-0.2, -0.15) is 0 Å². The lowest BCUT2D eigenvalue weighted by Gasteiger charge is -2.21. The highest BCUT2D eigenvalue weighted by Crippen LogP contribution is 2.28. The largest absolute Gasteiger partial charge is 0.351 e. The molecule has 0 aliphatic carbocycles. The van der Waals surface area contributed by atoms with Crippen LogP contribution >= 0.6 is 27.7 Å². The maximum atomic E-state index is 5.54. The van der Waals surface area contributed by atoms with Crippen LogP contribution in [0.15, 0.2) is 17.4 Å². The second-order valence-corrected chi connectivity index (χ2v) is 4.91. The summed E-state index contributed by atoms with van der Waals surface area (Å²) in [5.74, 6) is 0. The number of hydrogen-bond acceptors (Lipinski definition) is 5. The maximum Gasteiger partial charge on any atom is 0.187 e. The number of halogens is 1. The molecule has 0 amide bonds. The first kappa shape index (κ1) is 14.9. The van der Waals surface area contributed by atoms with Gasteiger partial charge in [0.1, 0.15) is 4.83 Å². The predicted molar refractivity (Wildman–Crippen MR) is 72.5 cm³/mol. The molecule has 0 N–H and O–H groups in total. The van der Waals surface area contributed by atoms with Crippen molar-refractivity contribution < 1.29 is 9.47 Å². The van der Waals surface area contributed by atoms with Crippen LogP contribution in [-0.2, 0) is 9.47 Å². The van der Waals surface area contributed by atoms with Gasteiger partial charge in [-0.05, 0) is 26.2 Å². The van der Waals surface area contributed by atoms with E-state index in [1.165, 1.54) is 11.8 Å². The molecule has 1 atom stereocenters. The summed E-state index contributed by atoms with van der Waals surface area (Å²) in [7, 11) is 0. The molecule has 0 spiro atoms. The average molecular weight is 321 g/mol. The summed E-state index contributed by atoms with van der Waals surface area (Å²) in [5, 5.41) is 0.749. The number of aromatic nitrogens is 2. The first-order valence-electron chi connectivity index (χ1n) is 5.47. The molecule has 0 aliphatic rings. The Morgan fingerprint density at radius 1 is 1.35 bits per heavy atom. The summed E-state index contributed by atoms with van der Waals surface area (Å²) in [4.78, 5) is 8.48. The van der Waals surface area contributed by atoms with E-state index in [9.17, 15) is 0 Å². The fourth-order valence-corrected chi connectivity index (χ4v) is 2.21. The second-order valence-electron chi connectivity index (χ2n) is 3.15. The first-order chi connectivity index (χ1) is 8.22. The Bertz CT molecular complexity index is 335. The third-order valence-corrected chi connectivity index (χ3v) is 3.48. The lowest BCUT2D eigenvalue weighted by Crippen LogP contribution is -2.23. The minimum atomic E-state index is -0.324. The van der Waals surface area contributed by atoms with Crippen molar-refractivity contribution in [1.82, 2.24) is 9.97 Å². The van der Waals surface area contributed by atoms with Gasteiger partial charge in [-0.25, -0.2) is 9.97 Å². The Labute approximate surface area is 115 Å². The van der Waals surface area contributed by atoms with Crippen LogP contribution in [0.3, 0.4) is 0 Å². The molecule has 96 valence electrons. The molecular formula is C11H17BrN2O2S. The quantitative estimate of drug-likeness (QED) is 0.334. The molecule has 1 heterocycles. The van der Waals surface area contributed by atoms with Gasteiger partial charge in [0.15, 0.2) is 11.4 Å². The van der Waals surface area contributed by atoms with Crippen molar-refractivity contribution in [1.29, 1.82) is 0 Å². The number of alkyl halides is 1. The first-order valence-corrected chi connectivity index (χ1v) is 7.61. The zero-order valence-electron chi connectivity index (χ0n) is 10.2. The number of rotatable bonds is 7. The molecule has 1 unspecified atom stereocenters. The van der Waals surface area contributed by atoms with Gasteiger partial charge in [0.25, 0.3) is 0 Å². The highest BCUT2D eigenvalue weighted by Gasteiger charge is 2.22. The van der Waals surface area contributed by atoms with Crippen LogP contribution in [0.1, 0.15) is 24.4 Å². The lowest BCUT2D eigenvalue weighted by atomic mass is 10.3. The Morgan fingerprint density at radius 2 is 2.00 bits per heavy atom. The predicted octanol–water partition coefficient (Wildman–Crippen LogP) is 3.03. The van der Waals surface area contributed by atoms with Crippen LogP contribution < -0.4 is 0 Å². The van der Waals surface area contributed by atoms with Crippen LogP contribution in [-0.4, -0.2) is 35.7 Å². The van der Waals surface area contributed by atoms with Crippen molar-refractivity contribution in [2.75, 3.05) is 19.5 Å². The number of nitrogens with zero attached hydrogens (tertiary/aromatic N) is 2. The number of hydrogen-bond donors (Lipinski definition) is 0. The van der Waals surface area contributed by atoms with Crippen molar-refractivity contribution in [2.45, 2.75) is 30.1 Å². The van der Waals surface area contributed by atoms with Crippen molar-refractivity contribution in [3.63, 3.8) is 0 Å². The van der Waals surface area contributed by atoms with Gasteiger partial charge >= 0.3 is 0 Å². The minimum Gasteiger partial charge on any atom is -0.351 e. The summed E-state index contributed by atoms with van der Waals surface area (Å²) >= 11 is 5.08. The van der Waals surface area contributed by atoms with E-state index < -0.39 is 0 Å². The number of thioether (sulfide) groups is 1. The van der Waals surface area contributed by atoms with E-state index in [4.69, 9.17) is 9.47 Å². The summed E-state index contributed by atoms with van der Waals surface area (Å²) < 4.78 is 11.1. The normalized spacial score (nSPS) is 13.0. The Kier molecular flexibility index (Phi) is 7.03. The van der Waals surface area contributed by atoms with Crippen LogP contribution in [0.25, 0.3) is 0 Å². The van der Waals surface area contributed by atoms with Crippen LogP contribution in [0.4, 0.5) is 0 Å². The zero-order chi connectivity index (χ0) is 12.7. The van der Waals surface area contributed by atoms with E-state index >= 15 is 0 Å². The second kappa shape index (κ2) is 8.02. The van der Waals surface area contributed by atoms with E-state index in [1.807, 2.05) is 26.2 Å². The molecule has 1 rings (SSSR count). The molecule has 0 bridgehead atoms. The SMILES string of the molecule is CCOC(OCC)C(Br)c1ccnc(SC)n1. The third-order valence-electron chi connectivity index (χ3n) is 2.02. The molecule has 0 saturated heterocycles. The Hall–Kier alpha value is -0.170. The fraction of sp³-hybridized carbons (Fsp3) is 0.636. The molecule has 0 aliphatic heterocycles. The maximum absolute atomic E-state index is 5.54. The molecule has 0 aromatic carbocycles. The molecule has 0 radical (unpaired) electrons. The van der Waals surface area contributed by atoms with Gasteiger partial charge in [0.05, 0.1) is 5.69 Å². The van der Waals surface area contributed by atoms with Crippen molar-refractivity contribution >= 4 is 27.7 Å². The fourth-order valence-electron chi connectivity index (χ4n) is 1.29. The Balaban J connectivity index is 2.79. The summed E-state index contributed by atoms with van der Waals surface area (Å²) in [6, 6.07) is 1.87. The van der Waals surface area contributed by atoms with E-state index in [0.29, 0.717) is 13.2 Å². The summed E-state index contributed by atoms with van der Waals surface area (Å²) in [5.41, 5.74) is 0.872. The van der Waals surface area contributed by atoms with Gasteiger partial charge in [0.2, 0.25) is 0 Å². The summed E-state index contributed by atoms with van der Waals surface area (Å²) in [6.45, 7) is 5.10. The van der Waals surface area contributed by atoms with E-state index in [-0.39, 0.29) is 11.1 Å². The van der Waals surface area contributed by atoms with Crippen molar-refractivity contribution in [3.05, 3.63) is 18.0 Å². The topological polar surface area (TPSA) is 44.2 Å². The average Bonchev–Trinajstić information content (AvgIpc) is 2.38. The Morgan fingerprint density at radius 3 is 2.53 bits per heavy atom. The van der Waals surface area contributed by atoms with Gasteiger partial charge < -0.3 is 9.47 Å². The van der Waals surface area contributed by atoms with Crippen LogP contribution in [0.2, 0.25) is 0 Å². The molecule has 1 aromatic rings. The molecule has 6 heteroatoms. The molecule has 17 heavy (non-hydrogen) atoms. The van der Waals surface area contributed by atoms with Crippen LogP contribution in [0, 0.1) is 0 Å². The molecule has 0 fully saturated rings. The molecular weight excluding hydrogens is 304 g/mol. The highest BCUT2D eigenvalue weighted by molar-refractivity contribution is 9.09. The monoisotopic (exact) mass is 320 g/mol. The van der Waals surface area contributed by atoms with Crippen molar-refractivity contribution in [3.8, 4) is 0 Å². The van der Waals surface area contributed by atoms with Gasteiger partial charge in [-0.15, -0.1) is 0 Å². The van der Waals surface area contributed by atoms with E-state index in [1.54, 1.807) is 6.20 Å². The lowest BCUT2D eigenvalue weighted by molar-refractivity contribution is -0.135. The smallest absolute Gasteiger partial charge is 0.187 e. The molecule has 1 aromatic heterocycles. The molecule has 4 nitrogen and oxygen atoms in total. The van der Waals surface area contributed by atoms with Crippen LogP contribution in [0.5, 0.6) is 0 Å². The van der Waals surface area contributed by atoms with E-state index in [2.05, 4.69) is 25.9 Å². The molecule has 0 saturated carbocycles. The van der Waals surface area contributed by atoms with Gasteiger partial charge in [-0.1, -0.05) is 27.7 Å². The highest BCUT2D eigenvalue weighted by atomic mass is 79.9. The van der Waals surface area contributed by atoms with Gasteiger partial charge in [-0.3, -0.25) is 0 Å². The zero-order valence-corrected chi connectivity index (χ0v) is 12.6.